The van der Waals surface area contributed by atoms with Gasteiger partial charge >= 0.3 is 0 Å². The van der Waals surface area contributed by atoms with E-state index in [1.807, 2.05) is 17.5 Å². The maximum Gasteiger partial charge on any atom is 0.296 e. The van der Waals surface area contributed by atoms with Crippen molar-refractivity contribution in [1.82, 2.24) is 10.0 Å². The van der Waals surface area contributed by atoms with Crippen molar-refractivity contribution < 1.29 is 9.63 Å². The lowest BCUT2D eigenvalue weighted by Gasteiger charge is -2.11. The van der Waals surface area contributed by atoms with Gasteiger partial charge in [-0.15, -0.1) is 22.7 Å². The zero-order valence-electron chi connectivity index (χ0n) is 8.96. The zero-order chi connectivity index (χ0) is 11.7. The van der Waals surface area contributed by atoms with Gasteiger partial charge in [0.1, 0.15) is 10.7 Å². The van der Waals surface area contributed by atoms with Crippen molar-refractivity contribution >= 4 is 28.6 Å². The van der Waals surface area contributed by atoms with E-state index in [2.05, 4.69) is 4.98 Å². The number of thiazole rings is 1. The first kappa shape index (κ1) is 10.9. The van der Waals surface area contributed by atoms with E-state index in [9.17, 15) is 4.79 Å². The topological polar surface area (TPSA) is 42.4 Å². The number of thiophene rings is 1. The summed E-state index contributed by atoms with van der Waals surface area (Å²) in [6, 6.07) is 3.98. The molecule has 17 heavy (non-hydrogen) atoms. The van der Waals surface area contributed by atoms with Gasteiger partial charge in [-0.05, 0) is 17.9 Å². The van der Waals surface area contributed by atoms with E-state index in [0.717, 1.165) is 16.3 Å². The fourth-order valence-corrected chi connectivity index (χ4v) is 3.23. The third-order valence-electron chi connectivity index (χ3n) is 2.43. The van der Waals surface area contributed by atoms with E-state index in [1.165, 1.54) is 16.4 Å². The zero-order valence-corrected chi connectivity index (χ0v) is 10.6. The van der Waals surface area contributed by atoms with Crippen LogP contribution in [-0.2, 0) is 4.84 Å². The summed E-state index contributed by atoms with van der Waals surface area (Å²) in [6.45, 7) is 1.28. The molecule has 0 atom stereocenters. The normalized spacial score (nSPS) is 15.4. The first-order valence-electron chi connectivity index (χ1n) is 5.29. The molecule has 6 heteroatoms. The molecule has 2 aromatic rings. The van der Waals surface area contributed by atoms with Crippen LogP contribution in [0.5, 0.6) is 0 Å². The van der Waals surface area contributed by atoms with Crippen molar-refractivity contribution in [3.05, 3.63) is 28.6 Å². The second kappa shape index (κ2) is 4.56. The molecular weight excluding hydrogens is 256 g/mol. The van der Waals surface area contributed by atoms with Crippen molar-refractivity contribution in [3.8, 4) is 9.88 Å². The molecule has 88 valence electrons. The summed E-state index contributed by atoms with van der Waals surface area (Å²) in [5.41, 5.74) is 0.473. The van der Waals surface area contributed by atoms with E-state index in [0.29, 0.717) is 18.8 Å². The molecule has 0 unspecified atom stereocenters. The van der Waals surface area contributed by atoms with Crippen molar-refractivity contribution in [2.24, 2.45) is 0 Å². The predicted octanol–water partition coefficient (Wildman–Crippen LogP) is 2.65. The summed E-state index contributed by atoms with van der Waals surface area (Å²) < 4.78 is 0. The van der Waals surface area contributed by atoms with Gasteiger partial charge in [-0.3, -0.25) is 9.63 Å². The SMILES string of the molecule is O=C(c1csc(-c2cccs2)n1)N1CCCO1. The van der Waals surface area contributed by atoms with Gasteiger partial charge in [0.2, 0.25) is 0 Å². The Morgan fingerprint density at radius 2 is 2.41 bits per heavy atom. The Bertz CT molecular complexity index is 515. The standard InChI is InChI=1S/C11H10N2O2S2/c14-11(13-4-2-5-15-13)8-7-17-10(12-8)9-3-1-6-16-9/h1,3,6-7H,2,4-5H2. The first-order chi connectivity index (χ1) is 8.34. The van der Waals surface area contributed by atoms with Gasteiger partial charge < -0.3 is 0 Å². The van der Waals surface area contributed by atoms with Gasteiger partial charge in [-0.2, -0.15) is 0 Å². The minimum Gasteiger partial charge on any atom is -0.271 e. The Morgan fingerprint density at radius 3 is 3.12 bits per heavy atom. The molecule has 2 aromatic heterocycles. The molecule has 0 aromatic carbocycles. The number of aromatic nitrogens is 1. The number of amides is 1. The highest BCUT2D eigenvalue weighted by Gasteiger charge is 2.23. The van der Waals surface area contributed by atoms with Gasteiger partial charge in [-0.1, -0.05) is 6.07 Å². The highest BCUT2D eigenvalue weighted by Crippen LogP contribution is 2.28. The van der Waals surface area contributed by atoms with Crippen LogP contribution in [0.4, 0.5) is 0 Å². The van der Waals surface area contributed by atoms with Crippen molar-refractivity contribution in [1.29, 1.82) is 0 Å². The molecule has 1 amide bonds. The molecule has 0 spiro atoms. The molecule has 1 aliphatic rings. The van der Waals surface area contributed by atoms with Crippen LogP contribution in [-0.4, -0.2) is 29.1 Å². The number of hydrogen-bond donors (Lipinski definition) is 0. The monoisotopic (exact) mass is 266 g/mol. The predicted molar refractivity (Wildman–Crippen MR) is 67.0 cm³/mol. The minimum absolute atomic E-state index is 0.137. The lowest BCUT2D eigenvalue weighted by Crippen LogP contribution is -2.26. The van der Waals surface area contributed by atoms with Crippen LogP contribution in [0.1, 0.15) is 16.9 Å². The van der Waals surface area contributed by atoms with Crippen molar-refractivity contribution in [3.63, 3.8) is 0 Å². The highest BCUT2D eigenvalue weighted by atomic mass is 32.1. The summed E-state index contributed by atoms with van der Waals surface area (Å²) in [5, 5.41) is 6.08. The lowest BCUT2D eigenvalue weighted by atomic mass is 10.4. The van der Waals surface area contributed by atoms with E-state index >= 15 is 0 Å². The molecule has 0 bridgehead atoms. The van der Waals surface area contributed by atoms with Crippen LogP contribution in [0.2, 0.25) is 0 Å². The van der Waals surface area contributed by atoms with Crippen LogP contribution in [0.25, 0.3) is 9.88 Å². The van der Waals surface area contributed by atoms with Gasteiger partial charge in [0.05, 0.1) is 18.0 Å². The Balaban J connectivity index is 1.82. The Hall–Kier alpha value is -1.24. The first-order valence-corrected chi connectivity index (χ1v) is 7.05. The minimum atomic E-state index is -0.137. The van der Waals surface area contributed by atoms with E-state index < -0.39 is 0 Å². The molecule has 3 heterocycles. The molecular formula is C11H10N2O2S2. The Morgan fingerprint density at radius 1 is 1.47 bits per heavy atom. The lowest BCUT2D eigenvalue weighted by molar-refractivity contribution is -0.0771. The number of rotatable bonds is 2. The van der Waals surface area contributed by atoms with Crippen LogP contribution in [0.3, 0.4) is 0 Å². The Kier molecular flexibility index (Phi) is 2.92. The second-order valence-electron chi connectivity index (χ2n) is 3.61. The summed E-state index contributed by atoms with van der Waals surface area (Å²) in [5.74, 6) is -0.137. The molecule has 0 aliphatic carbocycles. The largest absolute Gasteiger partial charge is 0.296 e. The van der Waals surface area contributed by atoms with Crippen molar-refractivity contribution in [2.45, 2.75) is 6.42 Å². The number of carbonyl (C=O) groups excluding carboxylic acids is 1. The molecule has 4 nitrogen and oxygen atoms in total. The Labute approximate surface area is 106 Å². The summed E-state index contributed by atoms with van der Waals surface area (Å²) in [6.07, 6.45) is 0.896. The highest BCUT2D eigenvalue weighted by molar-refractivity contribution is 7.20. The third-order valence-corrected chi connectivity index (χ3v) is 4.32. The quantitative estimate of drug-likeness (QED) is 0.839. The summed E-state index contributed by atoms with van der Waals surface area (Å²) in [4.78, 5) is 22.6. The maximum absolute atomic E-state index is 12.0. The fraction of sp³-hybridized carbons (Fsp3) is 0.273. The van der Waals surface area contributed by atoms with Gasteiger partial charge in [0, 0.05) is 5.38 Å². The maximum atomic E-state index is 12.0. The van der Waals surface area contributed by atoms with Crippen molar-refractivity contribution in [2.75, 3.05) is 13.2 Å². The van der Waals surface area contributed by atoms with Gasteiger partial charge in [-0.25, -0.2) is 10.0 Å². The third kappa shape index (κ3) is 2.11. The van der Waals surface area contributed by atoms with Crippen LogP contribution >= 0.6 is 22.7 Å². The fourth-order valence-electron chi connectivity index (χ4n) is 1.62. The van der Waals surface area contributed by atoms with Gasteiger partial charge in [0.25, 0.3) is 5.91 Å². The smallest absolute Gasteiger partial charge is 0.271 e. The number of nitrogens with zero attached hydrogens (tertiary/aromatic N) is 2. The number of carbonyl (C=O) groups is 1. The number of hydrogen-bond acceptors (Lipinski definition) is 5. The van der Waals surface area contributed by atoms with Crippen LogP contribution in [0.15, 0.2) is 22.9 Å². The molecule has 1 aliphatic heterocycles. The average molecular weight is 266 g/mol. The molecule has 1 saturated heterocycles. The average Bonchev–Trinajstić information content (AvgIpc) is 3.09. The molecule has 0 N–H and O–H groups in total. The molecule has 1 fully saturated rings. The molecule has 3 rings (SSSR count). The molecule has 0 saturated carbocycles. The van der Waals surface area contributed by atoms with E-state index in [1.54, 1.807) is 16.7 Å². The second-order valence-corrected chi connectivity index (χ2v) is 5.42. The molecule has 0 radical (unpaired) electrons. The summed E-state index contributed by atoms with van der Waals surface area (Å²) in [7, 11) is 0. The van der Waals surface area contributed by atoms with E-state index in [-0.39, 0.29) is 5.91 Å². The van der Waals surface area contributed by atoms with E-state index in [4.69, 9.17) is 4.84 Å². The van der Waals surface area contributed by atoms with Crippen LogP contribution < -0.4 is 0 Å². The number of hydroxylamine groups is 2. The summed E-state index contributed by atoms with van der Waals surface area (Å²) >= 11 is 3.12. The van der Waals surface area contributed by atoms with Gasteiger partial charge in [0.15, 0.2) is 0 Å². The van der Waals surface area contributed by atoms with Crippen LogP contribution in [0, 0.1) is 0 Å².